The standard InChI is InChI=1S/C20H17FN2O5S2/c1-28-15-4-3-14-18(12-6-9-29-19(12)20(25)23-14)17(15)11-2-5-16(13(21)10-11)30(26,27)22-7-8-24/h2-6,9-10,22,24H,7-8H2,1H3,(H,23,25). The van der Waals surface area contributed by atoms with Gasteiger partial charge in [-0.25, -0.2) is 17.5 Å². The van der Waals surface area contributed by atoms with Crippen LogP contribution in [0.1, 0.15) is 0 Å². The highest BCUT2D eigenvalue weighted by molar-refractivity contribution is 7.89. The van der Waals surface area contributed by atoms with Crippen LogP contribution in [-0.2, 0) is 10.0 Å². The van der Waals surface area contributed by atoms with Crippen molar-refractivity contribution in [2.75, 3.05) is 20.3 Å². The summed E-state index contributed by atoms with van der Waals surface area (Å²) in [5, 5.41) is 12.0. The number of aromatic amines is 1. The van der Waals surface area contributed by atoms with E-state index in [1.165, 1.54) is 30.6 Å². The van der Waals surface area contributed by atoms with Gasteiger partial charge < -0.3 is 14.8 Å². The molecule has 0 saturated heterocycles. The second kappa shape index (κ2) is 7.80. The number of methoxy groups -OCH3 is 1. The molecule has 0 aliphatic carbocycles. The first-order valence-corrected chi connectivity index (χ1v) is 11.2. The molecule has 0 saturated carbocycles. The smallest absolute Gasteiger partial charge is 0.266 e. The minimum Gasteiger partial charge on any atom is -0.496 e. The summed E-state index contributed by atoms with van der Waals surface area (Å²) in [6.07, 6.45) is 0. The van der Waals surface area contributed by atoms with Gasteiger partial charge in [0.2, 0.25) is 10.0 Å². The van der Waals surface area contributed by atoms with Crippen LogP contribution in [-0.4, -0.2) is 38.8 Å². The molecule has 4 aromatic rings. The molecule has 0 amide bonds. The number of sulfonamides is 1. The van der Waals surface area contributed by atoms with E-state index in [-0.39, 0.29) is 12.1 Å². The highest BCUT2D eigenvalue weighted by Gasteiger charge is 2.21. The highest BCUT2D eigenvalue weighted by atomic mass is 32.2. The molecule has 3 N–H and O–H groups in total. The molecule has 30 heavy (non-hydrogen) atoms. The fourth-order valence-corrected chi connectivity index (χ4v) is 5.29. The van der Waals surface area contributed by atoms with Crippen LogP contribution < -0.4 is 15.0 Å². The Labute approximate surface area is 174 Å². The maximum atomic E-state index is 14.8. The Hall–Kier alpha value is -2.79. The molecule has 0 aliphatic rings. The minimum atomic E-state index is -4.10. The predicted octanol–water partition coefficient (Wildman–Crippen LogP) is 2.83. The Kier molecular flexibility index (Phi) is 5.33. The lowest BCUT2D eigenvalue weighted by Gasteiger charge is -2.14. The molecule has 156 valence electrons. The molecule has 0 aliphatic heterocycles. The molecule has 0 bridgehead atoms. The normalized spacial score (nSPS) is 12.0. The minimum absolute atomic E-state index is 0.216. The zero-order valence-corrected chi connectivity index (χ0v) is 17.4. The lowest BCUT2D eigenvalue weighted by Crippen LogP contribution is -2.27. The van der Waals surface area contributed by atoms with E-state index in [2.05, 4.69) is 9.71 Å². The van der Waals surface area contributed by atoms with Gasteiger partial charge in [-0.15, -0.1) is 11.3 Å². The monoisotopic (exact) mass is 448 g/mol. The number of halogens is 1. The number of ether oxygens (including phenoxy) is 1. The van der Waals surface area contributed by atoms with E-state index in [1.807, 2.05) is 6.07 Å². The van der Waals surface area contributed by atoms with Gasteiger partial charge in [-0.2, -0.15) is 0 Å². The number of aliphatic hydroxyl groups excluding tert-OH is 1. The van der Waals surface area contributed by atoms with Crippen LogP contribution in [0.15, 0.2) is 51.5 Å². The number of fused-ring (bicyclic) bond motifs is 3. The van der Waals surface area contributed by atoms with Crippen molar-refractivity contribution in [1.29, 1.82) is 0 Å². The molecule has 0 radical (unpaired) electrons. The number of pyridine rings is 1. The third kappa shape index (κ3) is 3.37. The number of benzene rings is 2. The quantitative estimate of drug-likeness (QED) is 0.420. The lowest BCUT2D eigenvalue weighted by molar-refractivity contribution is 0.301. The number of hydrogen-bond acceptors (Lipinski definition) is 6. The largest absolute Gasteiger partial charge is 0.496 e. The topological polar surface area (TPSA) is 108 Å². The molecule has 4 rings (SSSR count). The molecule has 0 unspecified atom stereocenters. The highest BCUT2D eigenvalue weighted by Crippen LogP contribution is 2.40. The van der Waals surface area contributed by atoms with E-state index in [9.17, 15) is 17.6 Å². The number of rotatable bonds is 6. The summed E-state index contributed by atoms with van der Waals surface area (Å²) < 4.78 is 47.5. The summed E-state index contributed by atoms with van der Waals surface area (Å²) in [6, 6.07) is 8.96. The summed E-state index contributed by atoms with van der Waals surface area (Å²) in [5.41, 5.74) is 1.28. The van der Waals surface area contributed by atoms with Gasteiger partial charge >= 0.3 is 0 Å². The molecule has 7 nitrogen and oxygen atoms in total. The number of aliphatic hydroxyl groups is 1. The zero-order valence-electron chi connectivity index (χ0n) is 15.7. The number of H-pyrrole nitrogens is 1. The molecular weight excluding hydrogens is 431 g/mol. The Morgan fingerprint density at radius 2 is 2.03 bits per heavy atom. The van der Waals surface area contributed by atoms with Gasteiger partial charge in [0.1, 0.15) is 21.2 Å². The zero-order chi connectivity index (χ0) is 21.5. The number of aromatic nitrogens is 1. The average Bonchev–Trinajstić information content (AvgIpc) is 3.22. The van der Waals surface area contributed by atoms with Crippen molar-refractivity contribution < 1.29 is 22.7 Å². The van der Waals surface area contributed by atoms with Crippen LogP contribution in [0.4, 0.5) is 4.39 Å². The second-order valence-corrected chi connectivity index (χ2v) is 9.10. The van der Waals surface area contributed by atoms with Gasteiger partial charge in [0.15, 0.2) is 0 Å². The Balaban J connectivity index is 1.99. The lowest BCUT2D eigenvalue weighted by atomic mass is 9.97. The fraction of sp³-hybridized carbons (Fsp3) is 0.150. The van der Waals surface area contributed by atoms with Crippen molar-refractivity contribution in [3.63, 3.8) is 0 Å². The summed E-state index contributed by atoms with van der Waals surface area (Å²) >= 11 is 1.30. The van der Waals surface area contributed by atoms with Crippen LogP contribution in [0.2, 0.25) is 0 Å². The van der Waals surface area contributed by atoms with Crippen molar-refractivity contribution in [1.82, 2.24) is 9.71 Å². The number of nitrogens with one attached hydrogen (secondary N) is 2. The Morgan fingerprint density at radius 3 is 2.73 bits per heavy atom. The van der Waals surface area contributed by atoms with Crippen molar-refractivity contribution in [2.24, 2.45) is 0 Å². The summed E-state index contributed by atoms with van der Waals surface area (Å²) in [5.74, 6) is -0.488. The SMILES string of the molecule is COc1ccc2[nH]c(=O)c3sccc3c2c1-c1ccc(S(=O)(=O)NCCO)c(F)c1. The first-order valence-electron chi connectivity index (χ1n) is 8.88. The maximum Gasteiger partial charge on any atom is 0.266 e. The molecular formula is C20H17FN2O5S2. The van der Waals surface area contributed by atoms with Gasteiger partial charge in [0, 0.05) is 28.4 Å². The van der Waals surface area contributed by atoms with Crippen LogP contribution in [0, 0.1) is 5.82 Å². The molecule has 2 aromatic carbocycles. The summed E-state index contributed by atoms with van der Waals surface area (Å²) in [7, 11) is -2.62. The summed E-state index contributed by atoms with van der Waals surface area (Å²) in [6.45, 7) is -0.620. The van der Waals surface area contributed by atoms with Crippen molar-refractivity contribution in [3.05, 3.63) is 57.9 Å². The van der Waals surface area contributed by atoms with Gasteiger partial charge in [-0.1, -0.05) is 6.07 Å². The predicted molar refractivity (Wildman–Crippen MR) is 114 cm³/mol. The van der Waals surface area contributed by atoms with Crippen molar-refractivity contribution in [2.45, 2.75) is 4.90 Å². The van der Waals surface area contributed by atoms with Gasteiger partial charge in [-0.05, 0) is 41.3 Å². The molecule has 2 heterocycles. The van der Waals surface area contributed by atoms with E-state index >= 15 is 0 Å². The van der Waals surface area contributed by atoms with Gasteiger partial charge in [0.05, 0.1) is 13.7 Å². The van der Waals surface area contributed by atoms with E-state index < -0.39 is 27.3 Å². The fourth-order valence-electron chi connectivity index (χ4n) is 3.42. The number of hydrogen-bond donors (Lipinski definition) is 3. The van der Waals surface area contributed by atoms with Crippen LogP contribution >= 0.6 is 11.3 Å². The molecule has 2 aromatic heterocycles. The first kappa shape index (κ1) is 20.5. The van der Waals surface area contributed by atoms with Gasteiger partial charge in [-0.3, -0.25) is 4.79 Å². The Bertz CT molecular complexity index is 1430. The van der Waals surface area contributed by atoms with E-state index in [1.54, 1.807) is 17.5 Å². The molecule has 10 heteroatoms. The molecule has 0 fully saturated rings. The molecule has 0 spiro atoms. The van der Waals surface area contributed by atoms with E-state index in [0.29, 0.717) is 37.9 Å². The third-order valence-corrected chi connectivity index (χ3v) is 7.10. The first-order chi connectivity index (χ1) is 14.4. The van der Waals surface area contributed by atoms with Gasteiger partial charge in [0.25, 0.3) is 5.56 Å². The number of thiophene rings is 1. The maximum absolute atomic E-state index is 14.8. The van der Waals surface area contributed by atoms with Crippen molar-refractivity contribution in [3.8, 4) is 16.9 Å². The van der Waals surface area contributed by atoms with E-state index in [4.69, 9.17) is 9.84 Å². The summed E-state index contributed by atoms with van der Waals surface area (Å²) in [4.78, 5) is 14.6. The third-order valence-electron chi connectivity index (χ3n) is 4.69. The average molecular weight is 448 g/mol. The molecule has 0 atom stereocenters. The second-order valence-electron chi connectivity index (χ2n) is 6.45. The van der Waals surface area contributed by atoms with E-state index in [0.717, 1.165) is 6.07 Å². The van der Waals surface area contributed by atoms with Crippen LogP contribution in [0.25, 0.3) is 32.1 Å². The van der Waals surface area contributed by atoms with Crippen LogP contribution in [0.5, 0.6) is 5.75 Å². The van der Waals surface area contributed by atoms with Crippen molar-refractivity contribution >= 4 is 42.3 Å². The van der Waals surface area contributed by atoms with Crippen LogP contribution in [0.3, 0.4) is 0 Å². The Morgan fingerprint density at radius 1 is 1.23 bits per heavy atom.